The Balaban J connectivity index is 2.27. The number of ether oxygens (including phenoxy) is 2. The van der Waals surface area contributed by atoms with Gasteiger partial charge in [0.25, 0.3) is 10.1 Å². The molecule has 170 valence electrons. The molecule has 1 rings (SSSR count). The molecular formula is C22H34O7S. The van der Waals surface area contributed by atoms with Gasteiger partial charge in [0.1, 0.15) is 5.75 Å². The quantitative estimate of drug-likeness (QED) is 0.171. The second-order valence-corrected chi connectivity index (χ2v) is 8.94. The van der Waals surface area contributed by atoms with Crippen molar-refractivity contribution in [2.24, 2.45) is 0 Å². The monoisotopic (exact) mass is 442 g/mol. The second-order valence-electron chi connectivity index (χ2n) is 7.34. The minimum absolute atomic E-state index is 0.0507. The number of carbonyl (C=O) groups excluding carboxylic acids is 2. The standard InChI is InChI=1S/C22H34O7S/c1-2-3-4-5-6-7-8-9-10-14-17-28-22(24)20(30(25,26)27)18-21(23)29-19-15-12-11-13-16-19/h11-13,15-16,20H,2-10,14,17-18H2,1H3,(H,25,26,27). The molecule has 0 aliphatic heterocycles. The molecule has 0 aliphatic rings. The second kappa shape index (κ2) is 15.0. The molecule has 0 aliphatic carbocycles. The molecule has 0 aromatic heterocycles. The van der Waals surface area contributed by atoms with Gasteiger partial charge in [-0.2, -0.15) is 8.42 Å². The van der Waals surface area contributed by atoms with Crippen molar-refractivity contribution in [3.63, 3.8) is 0 Å². The van der Waals surface area contributed by atoms with Crippen molar-refractivity contribution in [2.75, 3.05) is 6.61 Å². The summed E-state index contributed by atoms with van der Waals surface area (Å²) in [6, 6.07) is 8.05. The fourth-order valence-electron chi connectivity index (χ4n) is 2.98. The summed E-state index contributed by atoms with van der Waals surface area (Å²) in [6.45, 7) is 2.25. The van der Waals surface area contributed by atoms with Crippen LogP contribution in [0.5, 0.6) is 5.75 Å². The highest BCUT2D eigenvalue weighted by Crippen LogP contribution is 2.14. The first-order valence-corrected chi connectivity index (χ1v) is 12.2. The molecule has 7 nitrogen and oxygen atoms in total. The van der Waals surface area contributed by atoms with Crippen molar-refractivity contribution in [3.05, 3.63) is 30.3 Å². The van der Waals surface area contributed by atoms with E-state index in [1.165, 1.54) is 50.7 Å². The summed E-state index contributed by atoms with van der Waals surface area (Å²) in [7, 11) is -4.79. The van der Waals surface area contributed by atoms with Gasteiger partial charge in [-0.3, -0.25) is 14.1 Å². The van der Waals surface area contributed by atoms with Crippen molar-refractivity contribution in [1.82, 2.24) is 0 Å². The summed E-state index contributed by atoms with van der Waals surface area (Å²) >= 11 is 0. The molecule has 0 radical (unpaired) electrons. The summed E-state index contributed by atoms with van der Waals surface area (Å²) in [4.78, 5) is 24.0. The van der Waals surface area contributed by atoms with E-state index >= 15 is 0 Å². The molecule has 1 aromatic rings. The lowest BCUT2D eigenvalue weighted by Crippen LogP contribution is -2.35. The molecule has 1 unspecified atom stereocenters. The number of esters is 2. The maximum atomic E-state index is 12.1. The predicted molar refractivity (Wildman–Crippen MR) is 115 cm³/mol. The van der Waals surface area contributed by atoms with E-state index in [0.717, 1.165) is 19.3 Å². The normalized spacial score (nSPS) is 12.3. The average Bonchev–Trinajstić information content (AvgIpc) is 2.70. The molecule has 1 aromatic carbocycles. The predicted octanol–water partition coefficient (Wildman–Crippen LogP) is 4.70. The van der Waals surface area contributed by atoms with Gasteiger partial charge >= 0.3 is 11.9 Å². The maximum absolute atomic E-state index is 12.1. The average molecular weight is 443 g/mol. The summed E-state index contributed by atoms with van der Waals surface area (Å²) in [6.07, 6.45) is 10.3. The Bertz CT molecular complexity index is 716. The molecule has 8 heteroatoms. The van der Waals surface area contributed by atoms with E-state index in [-0.39, 0.29) is 12.4 Å². The molecular weight excluding hydrogens is 408 g/mol. The van der Waals surface area contributed by atoms with Gasteiger partial charge < -0.3 is 9.47 Å². The van der Waals surface area contributed by atoms with Crippen molar-refractivity contribution < 1.29 is 32.0 Å². The number of benzene rings is 1. The number of rotatable bonds is 16. The van der Waals surface area contributed by atoms with Crippen LogP contribution in [0.4, 0.5) is 0 Å². The lowest BCUT2D eigenvalue weighted by Gasteiger charge is -2.13. The minimum atomic E-state index is -4.79. The van der Waals surface area contributed by atoms with Gasteiger partial charge in [0.2, 0.25) is 0 Å². The number of para-hydroxylation sites is 1. The molecule has 0 amide bonds. The molecule has 30 heavy (non-hydrogen) atoms. The van der Waals surface area contributed by atoms with E-state index in [1.54, 1.807) is 18.2 Å². The molecule has 0 bridgehead atoms. The van der Waals surface area contributed by atoms with Crippen LogP contribution in [0, 0.1) is 0 Å². The first-order chi connectivity index (χ1) is 14.3. The van der Waals surface area contributed by atoms with Crippen LogP contribution in [0.25, 0.3) is 0 Å². The van der Waals surface area contributed by atoms with Gasteiger partial charge in [-0.05, 0) is 18.6 Å². The van der Waals surface area contributed by atoms with Gasteiger partial charge in [-0.25, -0.2) is 0 Å². The van der Waals surface area contributed by atoms with Crippen LogP contribution in [0.2, 0.25) is 0 Å². The number of hydrogen-bond acceptors (Lipinski definition) is 6. The molecule has 1 atom stereocenters. The van der Waals surface area contributed by atoms with E-state index in [9.17, 15) is 22.6 Å². The van der Waals surface area contributed by atoms with E-state index in [1.807, 2.05) is 0 Å². The van der Waals surface area contributed by atoms with Crippen molar-refractivity contribution in [1.29, 1.82) is 0 Å². The van der Waals surface area contributed by atoms with Gasteiger partial charge in [0, 0.05) is 0 Å². The zero-order chi connectivity index (χ0) is 22.2. The molecule has 0 saturated heterocycles. The summed E-state index contributed by atoms with van der Waals surface area (Å²) < 4.78 is 42.3. The van der Waals surface area contributed by atoms with Crippen LogP contribution in [-0.2, 0) is 24.4 Å². The third-order valence-electron chi connectivity index (χ3n) is 4.69. The van der Waals surface area contributed by atoms with E-state index < -0.39 is 33.7 Å². The minimum Gasteiger partial charge on any atom is -0.465 e. The Morgan fingerprint density at radius 3 is 1.97 bits per heavy atom. The van der Waals surface area contributed by atoms with Crippen molar-refractivity contribution in [3.8, 4) is 5.75 Å². The van der Waals surface area contributed by atoms with Crippen LogP contribution < -0.4 is 4.74 Å². The Hall–Kier alpha value is -1.93. The number of unbranched alkanes of at least 4 members (excludes halogenated alkanes) is 9. The molecule has 0 heterocycles. The highest BCUT2D eigenvalue weighted by atomic mass is 32.2. The van der Waals surface area contributed by atoms with E-state index in [0.29, 0.717) is 6.42 Å². The lowest BCUT2D eigenvalue weighted by atomic mass is 10.1. The Morgan fingerprint density at radius 2 is 1.43 bits per heavy atom. The van der Waals surface area contributed by atoms with Crippen LogP contribution in [0.3, 0.4) is 0 Å². The topological polar surface area (TPSA) is 107 Å². The SMILES string of the molecule is CCCCCCCCCCCCOC(=O)C(CC(=O)Oc1ccccc1)S(=O)(=O)O. The Labute approximate surface area is 179 Å². The Morgan fingerprint density at radius 1 is 0.900 bits per heavy atom. The van der Waals surface area contributed by atoms with Gasteiger partial charge in [0.15, 0.2) is 5.25 Å². The smallest absolute Gasteiger partial charge is 0.327 e. The first kappa shape index (κ1) is 26.1. The third kappa shape index (κ3) is 11.9. The molecule has 0 fully saturated rings. The first-order valence-electron chi connectivity index (χ1n) is 10.7. The molecule has 0 saturated carbocycles. The summed E-state index contributed by atoms with van der Waals surface area (Å²) in [5.41, 5.74) is 0. The zero-order valence-corrected chi connectivity index (χ0v) is 18.6. The van der Waals surface area contributed by atoms with Crippen LogP contribution in [-0.4, -0.2) is 36.8 Å². The maximum Gasteiger partial charge on any atom is 0.327 e. The third-order valence-corrected chi connectivity index (χ3v) is 5.77. The van der Waals surface area contributed by atoms with Crippen LogP contribution in [0.1, 0.15) is 77.6 Å². The van der Waals surface area contributed by atoms with Crippen molar-refractivity contribution >= 4 is 22.1 Å². The summed E-state index contributed by atoms with van der Waals surface area (Å²) in [5, 5.41) is -1.99. The van der Waals surface area contributed by atoms with E-state index in [2.05, 4.69) is 6.92 Å². The highest BCUT2D eigenvalue weighted by Gasteiger charge is 2.35. The van der Waals surface area contributed by atoms with Crippen LogP contribution >= 0.6 is 0 Å². The summed E-state index contributed by atoms with van der Waals surface area (Å²) in [5.74, 6) is -1.87. The van der Waals surface area contributed by atoms with Gasteiger partial charge in [-0.1, -0.05) is 82.9 Å². The fourth-order valence-corrected chi connectivity index (χ4v) is 3.64. The lowest BCUT2D eigenvalue weighted by molar-refractivity contribution is -0.146. The number of carbonyl (C=O) groups is 2. The molecule has 0 spiro atoms. The van der Waals surface area contributed by atoms with E-state index in [4.69, 9.17) is 9.47 Å². The number of hydrogen-bond donors (Lipinski definition) is 1. The van der Waals surface area contributed by atoms with Gasteiger partial charge in [0.05, 0.1) is 13.0 Å². The van der Waals surface area contributed by atoms with Gasteiger partial charge in [-0.15, -0.1) is 0 Å². The zero-order valence-electron chi connectivity index (χ0n) is 17.8. The Kier molecular flexibility index (Phi) is 13.0. The van der Waals surface area contributed by atoms with Crippen LogP contribution in [0.15, 0.2) is 30.3 Å². The highest BCUT2D eigenvalue weighted by molar-refractivity contribution is 7.87. The largest absolute Gasteiger partial charge is 0.465 e. The fraction of sp³-hybridized carbons (Fsp3) is 0.636. The van der Waals surface area contributed by atoms with Crippen molar-refractivity contribution in [2.45, 2.75) is 82.8 Å². The molecule has 1 N–H and O–H groups in total.